The first-order valence-corrected chi connectivity index (χ1v) is 8.45. The molecule has 25 heavy (non-hydrogen) atoms. The van der Waals surface area contributed by atoms with E-state index in [0.717, 1.165) is 5.56 Å². The molecular weight excluding hydrogens is 357 g/mol. The highest BCUT2D eigenvalue weighted by atomic mass is 35.5. The quantitative estimate of drug-likeness (QED) is 0.693. The molecule has 0 spiro atoms. The second kappa shape index (κ2) is 6.39. The summed E-state index contributed by atoms with van der Waals surface area (Å²) in [7, 11) is 0. The van der Waals surface area contributed by atoms with Crippen molar-refractivity contribution in [1.29, 1.82) is 0 Å². The van der Waals surface area contributed by atoms with Gasteiger partial charge >= 0.3 is 0 Å². The van der Waals surface area contributed by atoms with E-state index in [1.165, 1.54) is 0 Å². The molecule has 1 atom stereocenters. The minimum absolute atomic E-state index is 0.0840. The van der Waals surface area contributed by atoms with E-state index >= 15 is 0 Å². The van der Waals surface area contributed by atoms with Crippen molar-refractivity contribution in [3.05, 3.63) is 88.2 Å². The Kier molecular flexibility index (Phi) is 4.07. The molecule has 1 N–H and O–H groups in total. The van der Waals surface area contributed by atoms with Crippen LogP contribution in [-0.4, -0.2) is 10.9 Å². The van der Waals surface area contributed by atoms with Gasteiger partial charge in [0.1, 0.15) is 6.17 Å². The van der Waals surface area contributed by atoms with Gasteiger partial charge in [-0.15, -0.1) is 0 Å². The van der Waals surface area contributed by atoms with Crippen LogP contribution >= 0.6 is 23.2 Å². The van der Waals surface area contributed by atoms with E-state index in [4.69, 9.17) is 23.2 Å². The van der Waals surface area contributed by atoms with Gasteiger partial charge < -0.3 is 5.32 Å². The van der Waals surface area contributed by atoms with Gasteiger partial charge in [-0.3, -0.25) is 14.7 Å². The summed E-state index contributed by atoms with van der Waals surface area (Å²) in [6, 6.07) is 16.4. The Bertz CT molecular complexity index is 946. The molecule has 4 rings (SSSR count). The smallest absolute Gasteiger partial charge is 0.260 e. The van der Waals surface area contributed by atoms with Crippen molar-refractivity contribution in [3.63, 3.8) is 0 Å². The summed E-state index contributed by atoms with van der Waals surface area (Å²) in [6.45, 7) is 0. The zero-order chi connectivity index (χ0) is 17.4. The number of nitrogens with one attached hydrogen (secondary N) is 1. The highest BCUT2D eigenvalue weighted by Crippen LogP contribution is 2.39. The van der Waals surface area contributed by atoms with Crippen LogP contribution < -0.4 is 10.2 Å². The van der Waals surface area contributed by atoms with Gasteiger partial charge in [0.15, 0.2) is 0 Å². The zero-order valence-corrected chi connectivity index (χ0v) is 14.5. The summed E-state index contributed by atoms with van der Waals surface area (Å²) in [6.07, 6.45) is 2.94. The Morgan fingerprint density at radius 3 is 2.68 bits per heavy atom. The van der Waals surface area contributed by atoms with Crippen molar-refractivity contribution >= 4 is 40.5 Å². The number of anilines is 2. The highest BCUT2D eigenvalue weighted by Gasteiger charge is 2.37. The molecular formula is C19H13Cl2N3O. The number of hydrogen-bond donors (Lipinski definition) is 1. The first-order valence-electron chi connectivity index (χ1n) is 7.69. The van der Waals surface area contributed by atoms with E-state index in [9.17, 15) is 4.79 Å². The Labute approximate surface area is 155 Å². The van der Waals surface area contributed by atoms with Crippen molar-refractivity contribution in [2.75, 3.05) is 10.2 Å². The molecule has 1 amide bonds. The van der Waals surface area contributed by atoms with Gasteiger partial charge in [-0.1, -0.05) is 41.4 Å². The lowest BCUT2D eigenvalue weighted by Crippen LogP contribution is -2.32. The van der Waals surface area contributed by atoms with Crippen molar-refractivity contribution in [2.24, 2.45) is 0 Å². The first-order chi connectivity index (χ1) is 12.1. The third kappa shape index (κ3) is 2.84. The predicted octanol–water partition coefficient (Wildman–Crippen LogP) is 5.16. The molecule has 0 fully saturated rings. The van der Waals surface area contributed by atoms with Crippen LogP contribution in [-0.2, 0) is 0 Å². The molecule has 1 aromatic heterocycles. The van der Waals surface area contributed by atoms with Crippen LogP contribution in [0.3, 0.4) is 0 Å². The van der Waals surface area contributed by atoms with Crippen molar-refractivity contribution < 1.29 is 4.79 Å². The molecule has 1 aliphatic rings. The normalized spacial score (nSPS) is 16.0. The van der Waals surface area contributed by atoms with Crippen LogP contribution in [0.1, 0.15) is 22.1 Å². The molecule has 2 heterocycles. The molecule has 4 nitrogen and oxygen atoms in total. The number of halogens is 2. The van der Waals surface area contributed by atoms with Gasteiger partial charge in [0.05, 0.1) is 22.6 Å². The highest BCUT2D eigenvalue weighted by molar-refractivity contribution is 6.35. The number of hydrogen-bond acceptors (Lipinski definition) is 3. The average Bonchev–Trinajstić information content (AvgIpc) is 2.91. The van der Waals surface area contributed by atoms with Crippen molar-refractivity contribution in [2.45, 2.75) is 6.17 Å². The standard InChI is InChI=1S/C19H13Cl2N3O/c20-12-7-8-16(21)17(10-12)23-18-14-5-1-2-6-15(14)19(25)24(18)13-4-3-9-22-11-13/h1-11,18,23H. The maximum Gasteiger partial charge on any atom is 0.260 e. The summed E-state index contributed by atoms with van der Waals surface area (Å²) in [4.78, 5) is 18.8. The van der Waals surface area contributed by atoms with Crippen LogP contribution in [0.2, 0.25) is 10.0 Å². The summed E-state index contributed by atoms with van der Waals surface area (Å²) < 4.78 is 0. The van der Waals surface area contributed by atoms with Crippen LogP contribution in [0.15, 0.2) is 67.0 Å². The fraction of sp³-hybridized carbons (Fsp3) is 0.0526. The number of nitrogens with zero attached hydrogens (tertiary/aromatic N) is 2. The van der Waals surface area contributed by atoms with E-state index in [2.05, 4.69) is 10.3 Å². The Hall–Kier alpha value is -2.56. The number of amides is 1. The van der Waals surface area contributed by atoms with Gasteiger partial charge in [0.25, 0.3) is 5.91 Å². The summed E-state index contributed by atoms with van der Waals surface area (Å²) in [5.41, 5.74) is 2.91. The van der Waals surface area contributed by atoms with Crippen LogP contribution in [0, 0.1) is 0 Å². The van der Waals surface area contributed by atoms with Crippen molar-refractivity contribution in [1.82, 2.24) is 4.98 Å². The number of fused-ring (bicyclic) bond motifs is 1. The maximum absolute atomic E-state index is 12.9. The Morgan fingerprint density at radius 2 is 1.88 bits per heavy atom. The average molecular weight is 370 g/mol. The fourth-order valence-corrected chi connectivity index (χ4v) is 3.32. The number of carbonyl (C=O) groups excluding carboxylic acids is 1. The number of benzene rings is 2. The van der Waals surface area contributed by atoms with Crippen LogP contribution in [0.4, 0.5) is 11.4 Å². The molecule has 1 unspecified atom stereocenters. The second-order valence-corrected chi connectivity index (χ2v) is 6.49. The van der Waals surface area contributed by atoms with Crippen LogP contribution in [0.5, 0.6) is 0 Å². The van der Waals surface area contributed by atoms with E-state index in [1.807, 2.05) is 30.3 Å². The molecule has 0 saturated carbocycles. The Morgan fingerprint density at radius 1 is 1.04 bits per heavy atom. The molecule has 0 radical (unpaired) electrons. The lowest BCUT2D eigenvalue weighted by molar-refractivity contribution is 0.0993. The topological polar surface area (TPSA) is 45.2 Å². The van der Waals surface area contributed by atoms with E-state index < -0.39 is 6.17 Å². The largest absolute Gasteiger partial charge is 0.360 e. The summed E-state index contributed by atoms with van der Waals surface area (Å²) >= 11 is 12.4. The summed E-state index contributed by atoms with van der Waals surface area (Å²) in [5.74, 6) is -0.0840. The number of aromatic nitrogens is 1. The Balaban J connectivity index is 1.81. The van der Waals surface area contributed by atoms with E-state index in [-0.39, 0.29) is 5.91 Å². The molecule has 1 aliphatic heterocycles. The molecule has 6 heteroatoms. The van der Waals surface area contributed by atoms with E-state index in [1.54, 1.807) is 41.6 Å². The monoisotopic (exact) mass is 369 g/mol. The van der Waals surface area contributed by atoms with E-state index in [0.29, 0.717) is 27.0 Å². The molecule has 0 saturated heterocycles. The molecule has 124 valence electrons. The lowest BCUT2D eigenvalue weighted by atomic mass is 10.1. The third-order valence-corrected chi connectivity index (χ3v) is 4.67. The second-order valence-electron chi connectivity index (χ2n) is 5.64. The number of pyridine rings is 1. The molecule has 3 aromatic rings. The number of rotatable bonds is 3. The fourth-order valence-electron chi connectivity index (χ4n) is 2.98. The van der Waals surface area contributed by atoms with Gasteiger partial charge in [0, 0.05) is 22.3 Å². The first kappa shape index (κ1) is 15.9. The van der Waals surface area contributed by atoms with Crippen molar-refractivity contribution in [3.8, 4) is 0 Å². The minimum atomic E-state index is -0.399. The van der Waals surface area contributed by atoms with Gasteiger partial charge in [-0.05, 0) is 36.4 Å². The predicted molar refractivity (Wildman–Crippen MR) is 100 cm³/mol. The summed E-state index contributed by atoms with van der Waals surface area (Å²) in [5, 5.41) is 4.45. The molecule has 0 bridgehead atoms. The lowest BCUT2D eigenvalue weighted by Gasteiger charge is -2.27. The SMILES string of the molecule is O=C1c2ccccc2C(Nc2cc(Cl)ccc2Cl)N1c1cccnc1. The molecule has 0 aliphatic carbocycles. The molecule has 2 aromatic carbocycles. The minimum Gasteiger partial charge on any atom is -0.360 e. The maximum atomic E-state index is 12.9. The zero-order valence-electron chi connectivity index (χ0n) is 13.0. The number of carbonyl (C=O) groups is 1. The van der Waals surface area contributed by atoms with Crippen LogP contribution in [0.25, 0.3) is 0 Å². The van der Waals surface area contributed by atoms with Gasteiger partial charge in [-0.2, -0.15) is 0 Å². The van der Waals surface area contributed by atoms with Gasteiger partial charge in [-0.25, -0.2) is 0 Å². The third-order valence-electron chi connectivity index (χ3n) is 4.11. The van der Waals surface area contributed by atoms with Gasteiger partial charge in [0.2, 0.25) is 0 Å².